The van der Waals surface area contributed by atoms with Crippen LogP contribution < -0.4 is 5.32 Å². The number of aromatic nitrogens is 1. The fourth-order valence-corrected chi connectivity index (χ4v) is 2.85. The third kappa shape index (κ3) is 4.00. The normalized spacial score (nSPS) is 14.6. The molecule has 3 rings (SSSR count). The van der Waals surface area contributed by atoms with E-state index in [4.69, 9.17) is 4.74 Å². The number of carbonyl (C=O) groups is 2. The number of rotatable bonds is 5. The molecule has 0 radical (unpaired) electrons. The van der Waals surface area contributed by atoms with Crippen molar-refractivity contribution in [3.8, 4) is 5.69 Å². The van der Waals surface area contributed by atoms with Gasteiger partial charge in [0.25, 0.3) is 5.91 Å². The fourth-order valence-electron chi connectivity index (χ4n) is 2.85. The maximum atomic E-state index is 12.1. The van der Waals surface area contributed by atoms with E-state index in [-0.39, 0.29) is 18.6 Å². The molecule has 1 aliphatic carbocycles. The van der Waals surface area contributed by atoms with Gasteiger partial charge in [0.2, 0.25) is 0 Å². The van der Waals surface area contributed by atoms with E-state index in [0.717, 1.165) is 31.4 Å². The zero-order valence-electron chi connectivity index (χ0n) is 12.9. The molecular formula is C18H20N2O3. The predicted molar refractivity (Wildman–Crippen MR) is 86.5 cm³/mol. The van der Waals surface area contributed by atoms with Gasteiger partial charge in [0.05, 0.1) is 5.56 Å². The summed E-state index contributed by atoms with van der Waals surface area (Å²) < 4.78 is 7.02. The molecule has 0 atom stereocenters. The second kappa shape index (κ2) is 7.13. The van der Waals surface area contributed by atoms with Crippen LogP contribution in [0.5, 0.6) is 0 Å². The van der Waals surface area contributed by atoms with Crippen molar-refractivity contribution in [2.75, 3.05) is 6.61 Å². The third-order valence-corrected chi connectivity index (χ3v) is 4.04. The van der Waals surface area contributed by atoms with Gasteiger partial charge in [-0.15, -0.1) is 0 Å². The van der Waals surface area contributed by atoms with Crippen molar-refractivity contribution >= 4 is 11.9 Å². The number of hydrogen-bond acceptors (Lipinski definition) is 3. The predicted octanol–water partition coefficient (Wildman–Crippen LogP) is 2.69. The van der Waals surface area contributed by atoms with Crippen molar-refractivity contribution in [1.29, 1.82) is 0 Å². The monoisotopic (exact) mass is 312 g/mol. The first-order valence-electron chi connectivity index (χ1n) is 7.92. The van der Waals surface area contributed by atoms with E-state index in [1.54, 1.807) is 18.2 Å². The lowest BCUT2D eigenvalue weighted by atomic mass is 10.2. The molecule has 2 aromatic rings. The molecule has 1 N–H and O–H groups in total. The van der Waals surface area contributed by atoms with Gasteiger partial charge in [0.1, 0.15) is 0 Å². The summed E-state index contributed by atoms with van der Waals surface area (Å²) in [6.07, 6.45) is 8.13. The van der Waals surface area contributed by atoms with Crippen molar-refractivity contribution in [2.45, 2.75) is 31.7 Å². The molecule has 1 amide bonds. The van der Waals surface area contributed by atoms with E-state index >= 15 is 0 Å². The number of amides is 1. The summed E-state index contributed by atoms with van der Waals surface area (Å²) in [5.74, 6) is -0.715. The van der Waals surface area contributed by atoms with Crippen molar-refractivity contribution in [3.05, 3.63) is 54.4 Å². The summed E-state index contributed by atoms with van der Waals surface area (Å²) >= 11 is 0. The lowest BCUT2D eigenvalue weighted by molar-refractivity contribution is -0.124. The van der Waals surface area contributed by atoms with Crippen LogP contribution in [0, 0.1) is 0 Å². The summed E-state index contributed by atoms with van der Waals surface area (Å²) in [5.41, 5.74) is 1.31. The van der Waals surface area contributed by atoms with E-state index in [9.17, 15) is 9.59 Å². The van der Waals surface area contributed by atoms with E-state index in [1.807, 2.05) is 35.2 Å². The number of nitrogens with one attached hydrogen (secondary N) is 1. The fraction of sp³-hybridized carbons (Fsp3) is 0.333. The Balaban J connectivity index is 1.55. The molecular weight excluding hydrogens is 292 g/mol. The molecule has 5 heteroatoms. The highest BCUT2D eigenvalue weighted by molar-refractivity contribution is 5.91. The SMILES string of the molecule is O=C(COC(=O)c1cccc(-n2cccc2)c1)NC1CCCC1. The van der Waals surface area contributed by atoms with Crippen LogP contribution in [0.2, 0.25) is 0 Å². The first kappa shape index (κ1) is 15.3. The van der Waals surface area contributed by atoms with Crippen molar-refractivity contribution in [3.63, 3.8) is 0 Å². The minimum Gasteiger partial charge on any atom is -0.452 e. The molecule has 1 fully saturated rings. The lowest BCUT2D eigenvalue weighted by Gasteiger charge is -2.12. The Labute approximate surface area is 135 Å². The minimum absolute atomic E-state index is 0.230. The zero-order valence-corrected chi connectivity index (χ0v) is 12.9. The Morgan fingerprint density at radius 1 is 1.13 bits per heavy atom. The van der Waals surface area contributed by atoms with Gasteiger partial charge in [0, 0.05) is 24.1 Å². The first-order chi connectivity index (χ1) is 11.2. The van der Waals surface area contributed by atoms with Crippen LogP contribution in [0.4, 0.5) is 0 Å². The molecule has 1 aliphatic rings. The van der Waals surface area contributed by atoms with Crippen LogP contribution in [0.25, 0.3) is 5.69 Å². The second-order valence-electron chi connectivity index (χ2n) is 5.77. The van der Waals surface area contributed by atoms with Crippen LogP contribution in [0.3, 0.4) is 0 Å². The summed E-state index contributed by atoms with van der Waals surface area (Å²) in [5, 5.41) is 2.90. The maximum Gasteiger partial charge on any atom is 0.338 e. The van der Waals surface area contributed by atoms with Gasteiger partial charge in [0.15, 0.2) is 6.61 Å². The van der Waals surface area contributed by atoms with E-state index < -0.39 is 5.97 Å². The van der Waals surface area contributed by atoms with Crippen LogP contribution in [0.15, 0.2) is 48.8 Å². The lowest BCUT2D eigenvalue weighted by Crippen LogP contribution is -2.35. The molecule has 23 heavy (non-hydrogen) atoms. The second-order valence-corrected chi connectivity index (χ2v) is 5.77. The highest BCUT2D eigenvalue weighted by atomic mass is 16.5. The average molecular weight is 312 g/mol. The molecule has 1 aromatic carbocycles. The topological polar surface area (TPSA) is 60.3 Å². The molecule has 0 saturated heterocycles. The highest BCUT2D eigenvalue weighted by Crippen LogP contribution is 2.17. The number of carbonyl (C=O) groups excluding carboxylic acids is 2. The van der Waals surface area contributed by atoms with E-state index in [2.05, 4.69) is 5.32 Å². The Bertz CT molecular complexity index is 673. The van der Waals surface area contributed by atoms with Gasteiger partial charge in [-0.3, -0.25) is 4.79 Å². The number of benzene rings is 1. The quantitative estimate of drug-likeness (QED) is 0.864. The summed E-state index contributed by atoms with van der Waals surface area (Å²) in [7, 11) is 0. The Morgan fingerprint density at radius 3 is 2.61 bits per heavy atom. The van der Waals surface area contributed by atoms with E-state index in [0.29, 0.717) is 5.56 Å². The van der Waals surface area contributed by atoms with Gasteiger partial charge in [-0.1, -0.05) is 18.9 Å². The molecule has 1 heterocycles. The summed E-state index contributed by atoms with van der Waals surface area (Å²) in [6, 6.07) is 11.2. The van der Waals surface area contributed by atoms with Gasteiger partial charge < -0.3 is 14.6 Å². The Hall–Kier alpha value is -2.56. The molecule has 1 aromatic heterocycles. The summed E-state index contributed by atoms with van der Waals surface area (Å²) in [6.45, 7) is -0.233. The molecule has 0 bridgehead atoms. The number of nitrogens with zero attached hydrogens (tertiary/aromatic N) is 1. The van der Waals surface area contributed by atoms with Gasteiger partial charge in [-0.25, -0.2) is 4.79 Å². The standard InChI is InChI=1S/C18H20N2O3/c21-17(19-15-7-1-2-8-15)13-23-18(22)14-6-5-9-16(12-14)20-10-3-4-11-20/h3-6,9-12,15H,1-2,7-8,13H2,(H,19,21). The van der Waals surface area contributed by atoms with Crippen LogP contribution in [0.1, 0.15) is 36.0 Å². The van der Waals surface area contributed by atoms with Crippen LogP contribution in [-0.4, -0.2) is 29.1 Å². The molecule has 0 spiro atoms. The number of ether oxygens (including phenoxy) is 1. The first-order valence-corrected chi connectivity index (χ1v) is 7.92. The third-order valence-electron chi connectivity index (χ3n) is 4.04. The number of hydrogen-bond donors (Lipinski definition) is 1. The highest BCUT2D eigenvalue weighted by Gasteiger charge is 2.18. The van der Waals surface area contributed by atoms with Crippen molar-refractivity contribution in [1.82, 2.24) is 9.88 Å². The van der Waals surface area contributed by atoms with Crippen LogP contribution >= 0.6 is 0 Å². The largest absolute Gasteiger partial charge is 0.452 e. The van der Waals surface area contributed by atoms with Crippen molar-refractivity contribution in [2.24, 2.45) is 0 Å². The molecule has 0 aliphatic heterocycles. The number of esters is 1. The van der Waals surface area contributed by atoms with E-state index in [1.165, 1.54) is 0 Å². The molecule has 5 nitrogen and oxygen atoms in total. The Morgan fingerprint density at radius 2 is 1.87 bits per heavy atom. The molecule has 120 valence electrons. The maximum absolute atomic E-state index is 12.1. The Kier molecular flexibility index (Phi) is 4.76. The van der Waals surface area contributed by atoms with Gasteiger partial charge in [-0.2, -0.15) is 0 Å². The van der Waals surface area contributed by atoms with Gasteiger partial charge >= 0.3 is 5.97 Å². The smallest absolute Gasteiger partial charge is 0.338 e. The average Bonchev–Trinajstić information content (AvgIpc) is 3.26. The van der Waals surface area contributed by atoms with Gasteiger partial charge in [-0.05, 0) is 43.2 Å². The summed E-state index contributed by atoms with van der Waals surface area (Å²) in [4.78, 5) is 23.9. The van der Waals surface area contributed by atoms with Crippen molar-refractivity contribution < 1.29 is 14.3 Å². The minimum atomic E-state index is -0.486. The molecule has 0 unspecified atom stereocenters. The molecule has 1 saturated carbocycles. The zero-order chi connectivity index (χ0) is 16.1. The van der Waals surface area contributed by atoms with Crippen LogP contribution in [-0.2, 0) is 9.53 Å².